The van der Waals surface area contributed by atoms with Gasteiger partial charge in [0.2, 0.25) is 11.8 Å². The molecule has 0 saturated heterocycles. The van der Waals surface area contributed by atoms with Gasteiger partial charge in [0.25, 0.3) is 0 Å². The van der Waals surface area contributed by atoms with Crippen LogP contribution in [0.1, 0.15) is 49.9 Å². The molecule has 1 saturated carbocycles. The summed E-state index contributed by atoms with van der Waals surface area (Å²) in [7, 11) is 1.65. The van der Waals surface area contributed by atoms with Crippen molar-refractivity contribution < 1.29 is 4.74 Å². The molecule has 1 aliphatic heterocycles. The Morgan fingerprint density at radius 2 is 1.94 bits per heavy atom. The summed E-state index contributed by atoms with van der Waals surface area (Å²) in [6.45, 7) is 4.19. The van der Waals surface area contributed by atoms with Crippen molar-refractivity contribution in [1.29, 1.82) is 0 Å². The highest BCUT2D eigenvalue weighted by Gasteiger charge is 2.25. The highest BCUT2D eigenvalue weighted by Crippen LogP contribution is 2.39. The molecule has 8 heteroatoms. The second-order valence-corrected chi connectivity index (χ2v) is 9.31. The minimum absolute atomic E-state index is 0.411. The van der Waals surface area contributed by atoms with E-state index in [4.69, 9.17) is 14.7 Å². The Morgan fingerprint density at radius 3 is 2.79 bits per heavy atom. The third kappa shape index (κ3) is 3.68. The van der Waals surface area contributed by atoms with E-state index in [1.807, 2.05) is 24.5 Å². The number of nitrogens with one attached hydrogen (secondary N) is 2. The van der Waals surface area contributed by atoms with Crippen LogP contribution in [0.25, 0.3) is 21.9 Å². The van der Waals surface area contributed by atoms with E-state index in [2.05, 4.69) is 38.2 Å². The molecule has 0 bridgehead atoms. The average Bonchev–Trinajstić information content (AvgIpc) is 3.17. The number of pyridine rings is 2. The van der Waals surface area contributed by atoms with Crippen LogP contribution >= 0.6 is 0 Å². The fourth-order valence-electron chi connectivity index (χ4n) is 5.26. The second-order valence-electron chi connectivity index (χ2n) is 9.31. The molecule has 0 aromatic carbocycles. The number of methoxy groups -OCH3 is 1. The molecule has 33 heavy (non-hydrogen) atoms. The van der Waals surface area contributed by atoms with Gasteiger partial charge in [0.05, 0.1) is 18.8 Å². The van der Waals surface area contributed by atoms with Crippen LogP contribution in [0.2, 0.25) is 0 Å². The highest BCUT2D eigenvalue weighted by atomic mass is 16.5. The van der Waals surface area contributed by atoms with Crippen molar-refractivity contribution >= 4 is 33.7 Å². The predicted octanol–water partition coefficient (Wildman–Crippen LogP) is 4.52. The Hall–Kier alpha value is -3.26. The van der Waals surface area contributed by atoms with Gasteiger partial charge in [-0.2, -0.15) is 4.98 Å². The summed E-state index contributed by atoms with van der Waals surface area (Å²) in [6.07, 6.45) is 9.54. The number of fused-ring (bicyclic) bond motifs is 4. The van der Waals surface area contributed by atoms with Crippen LogP contribution in [0.15, 0.2) is 30.6 Å². The molecule has 0 spiro atoms. The number of ether oxygens (including phenoxy) is 1. The molecule has 6 rings (SSSR count). The molecular formula is C25H29N7O. The van der Waals surface area contributed by atoms with E-state index in [9.17, 15) is 0 Å². The van der Waals surface area contributed by atoms with E-state index >= 15 is 0 Å². The number of hydrogen-bond donors (Lipinski definition) is 2. The Kier molecular flexibility index (Phi) is 5.10. The topological polar surface area (TPSA) is 89.8 Å². The van der Waals surface area contributed by atoms with Gasteiger partial charge in [-0.3, -0.25) is 0 Å². The summed E-state index contributed by atoms with van der Waals surface area (Å²) in [5.74, 6) is 2.74. The number of anilines is 2. The van der Waals surface area contributed by atoms with E-state index in [-0.39, 0.29) is 0 Å². The highest BCUT2D eigenvalue weighted by molar-refractivity contribution is 6.06. The Morgan fingerprint density at radius 1 is 1.06 bits per heavy atom. The fourth-order valence-corrected chi connectivity index (χ4v) is 5.26. The number of aromatic nitrogens is 5. The summed E-state index contributed by atoms with van der Waals surface area (Å²) in [5, 5.41) is 8.84. The molecule has 1 aliphatic carbocycles. The van der Waals surface area contributed by atoms with Gasteiger partial charge in [0, 0.05) is 54.3 Å². The largest absolute Gasteiger partial charge is 0.481 e. The molecule has 1 fully saturated rings. The third-order valence-electron chi connectivity index (χ3n) is 7.13. The summed E-state index contributed by atoms with van der Waals surface area (Å²) in [6, 6.07) is 6.54. The van der Waals surface area contributed by atoms with Crippen LogP contribution < -0.4 is 15.4 Å². The maximum absolute atomic E-state index is 5.40. The lowest BCUT2D eigenvalue weighted by atomic mass is 9.87. The minimum Gasteiger partial charge on any atom is -0.481 e. The minimum atomic E-state index is 0.411. The zero-order valence-electron chi connectivity index (χ0n) is 19.1. The third-order valence-corrected chi connectivity index (χ3v) is 7.13. The molecule has 5 heterocycles. The quantitative estimate of drug-likeness (QED) is 0.479. The standard InChI is InChI=1S/C25H29N7O/c1-15-3-6-17(7-4-15)32-21-14-27-23(33-2)11-18(21)19-13-28-25(31-24(19)32)30-22-8-5-16-12-26-10-9-20(16)29-22/h5,8,11,13-15,17,26H,3-4,6-7,9-10,12H2,1-2H3,(H,28,29,30,31). The monoisotopic (exact) mass is 443 g/mol. The average molecular weight is 444 g/mol. The second kappa shape index (κ2) is 8.26. The van der Waals surface area contributed by atoms with Crippen molar-refractivity contribution in [1.82, 2.24) is 29.8 Å². The van der Waals surface area contributed by atoms with Crippen LogP contribution in [0.5, 0.6) is 5.88 Å². The molecule has 8 nitrogen and oxygen atoms in total. The van der Waals surface area contributed by atoms with Gasteiger partial charge in [-0.25, -0.2) is 15.0 Å². The van der Waals surface area contributed by atoms with Gasteiger partial charge in [0.15, 0.2) is 0 Å². The van der Waals surface area contributed by atoms with Crippen LogP contribution in [0.3, 0.4) is 0 Å². The normalized spacial score (nSPS) is 20.7. The molecule has 2 N–H and O–H groups in total. The van der Waals surface area contributed by atoms with Gasteiger partial charge in [-0.15, -0.1) is 0 Å². The van der Waals surface area contributed by atoms with Gasteiger partial charge >= 0.3 is 0 Å². The molecule has 4 aromatic heterocycles. The maximum Gasteiger partial charge on any atom is 0.230 e. The number of rotatable bonds is 4. The summed E-state index contributed by atoms with van der Waals surface area (Å²) in [4.78, 5) is 18.9. The molecule has 170 valence electrons. The van der Waals surface area contributed by atoms with Gasteiger partial charge in [0.1, 0.15) is 11.5 Å². The fraction of sp³-hybridized carbons (Fsp3) is 0.440. The van der Waals surface area contributed by atoms with E-state index in [0.717, 1.165) is 71.7 Å². The van der Waals surface area contributed by atoms with Crippen LogP contribution in [-0.4, -0.2) is 38.2 Å². The maximum atomic E-state index is 5.40. The zero-order valence-corrected chi connectivity index (χ0v) is 19.1. The van der Waals surface area contributed by atoms with Gasteiger partial charge in [-0.05, 0) is 43.2 Å². The van der Waals surface area contributed by atoms with Crippen LogP contribution in [0, 0.1) is 5.92 Å². The predicted molar refractivity (Wildman–Crippen MR) is 129 cm³/mol. The van der Waals surface area contributed by atoms with Crippen molar-refractivity contribution in [2.24, 2.45) is 5.92 Å². The molecule has 0 atom stereocenters. The summed E-state index contributed by atoms with van der Waals surface area (Å²) < 4.78 is 7.78. The summed E-state index contributed by atoms with van der Waals surface area (Å²) >= 11 is 0. The van der Waals surface area contributed by atoms with E-state index in [0.29, 0.717) is 17.9 Å². The number of nitrogens with zero attached hydrogens (tertiary/aromatic N) is 5. The lowest BCUT2D eigenvalue weighted by molar-refractivity contribution is 0.298. The first-order valence-corrected chi connectivity index (χ1v) is 11.9. The molecular weight excluding hydrogens is 414 g/mol. The van der Waals surface area contributed by atoms with Crippen LogP contribution in [0.4, 0.5) is 11.8 Å². The van der Waals surface area contributed by atoms with Crippen molar-refractivity contribution in [2.45, 2.75) is 51.6 Å². The van der Waals surface area contributed by atoms with Crippen molar-refractivity contribution in [2.75, 3.05) is 19.0 Å². The lowest BCUT2D eigenvalue weighted by Crippen LogP contribution is -2.24. The lowest BCUT2D eigenvalue weighted by Gasteiger charge is -2.28. The SMILES string of the molecule is COc1cc2c3cnc(Nc4ccc5c(n4)CCNC5)nc3n(C3CCC(C)CC3)c2cn1. The van der Waals surface area contributed by atoms with E-state index < -0.39 is 0 Å². The zero-order chi connectivity index (χ0) is 22.4. The molecule has 0 radical (unpaired) electrons. The van der Waals surface area contributed by atoms with Crippen molar-refractivity contribution in [3.63, 3.8) is 0 Å². The first-order valence-electron chi connectivity index (χ1n) is 11.9. The summed E-state index contributed by atoms with van der Waals surface area (Å²) in [5.41, 5.74) is 4.44. The van der Waals surface area contributed by atoms with Crippen molar-refractivity contribution in [3.8, 4) is 5.88 Å². The Bertz CT molecular complexity index is 1320. The molecule has 4 aromatic rings. The number of hydrogen-bond acceptors (Lipinski definition) is 7. The Labute approximate surface area is 192 Å². The van der Waals surface area contributed by atoms with Gasteiger partial charge in [-0.1, -0.05) is 13.0 Å². The van der Waals surface area contributed by atoms with E-state index in [1.54, 1.807) is 7.11 Å². The van der Waals surface area contributed by atoms with E-state index in [1.165, 1.54) is 18.4 Å². The van der Waals surface area contributed by atoms with Crippen molar-refractivity contribution in [3.05, 3.63) is 41.9 Å². The smallest absolute Gasteiger partial charge is 0.230 e. The molecule has 2 aliphatic rings. The molecule has 0 amide bonds. The van der Waals surface area contributed by atoms with Crippen LogP contribution in [-0.2, 0) is 13.0 Å². The Balaban J connectivity index is 1.43. The first kappa shape index (κ1) is 20.4. The van der Waals surface area contributed by atoms with Gasteiger partial charge < -0.3 is 19.9 Å². The molecule has 0 unspecified atom stereocenters. The first-order chi connectivity index (χ1) is 16.2.